The number of aryl methyl sites for hydroxylation is 1. The van der Waals surface area contributed by atoms with Crippen LogP contribution in [0.15, 0.2) is 36.4 Å². The Morgan fingerprint density at radius 2 is 2.05 bits per heavy atom. The summed E-state index contributed by atoms with van der Waals surface area (Å²) in [7, 11) is 1.60. The lowest BCUT2D eigenvalue weighted by Crippen LogP contribution is -1.91. The SMILES string of the molecule is CCc1ccc2[nH]c(-c3cc(Cl)ccc3OC)c(C=O)c2c1. The quantitative estimate of drug-likeness (QED) is 0.698. The molecule has 1 heterocycles. The van der Waals surface area contributed by atoms with Crippen LogP contribution in [-0.4, -0.2) is 18.4 Å². The zero-order valence-electron chi connectivity index (χ0n) is 12.4. The molecule has 0 saturated heterocycles. The van der Waals surface area contributed by atoms with Gasteiger partial charge in [0.15, 0.2) is 6.29 Å². The van der Waals surface area contributed by atoms with Crippen LogP contribution in [0.4, 0.5) is 0 Å². The maximum Gasteiger partial charge on any atom is 0.152 e. The van der Waals surface area contributed by atoms with E-state index in [1.54, 1.807) is 25.3 Å². The third kappa shape index (κ3) is 2.38. The summed E-state index contributed by atoms with van der Waals surface area (Å²) in [6.07, 6.45) is 1.81. The number of hydrogen-bond donors (Lipinski definition) is 1. The number of nitrogens with one attached hydrogen (secondary N) is 1. The number of hydrogen-bond acceptors (Lipinski definition) is 2. The summed E-state index contributed by atoms with van der Waals surface area (Å²) in [6, 6.07) is 11.5. The van der Waals surface area contributed by atoms with Gasteiger partial charge in [0.2, 0.25) is 0 Å². The van der Waals surface area contributed by atoms with Gasteiger partial charge in [-0.25, -0.2) is 0 Å². The fourth-order valence-corrected chi connectivity index (χ4v) is 2.86. The Morgan fingerprint density at radius 3 is 2.73 bits per heavy atom. The minimum absolute atomic E-state index is 0.598. The Labute approximate surface area is 133 Å². The first-order chi connectivity index (χ1) is 10.7. The number of ether oxygens (including phenoxy) is 1. The summed E-state index contributed by atoms with van der Waals surface area (Å²) in [5, 5.41) is 1.52. The van der Waals surface area contributed by atoms with Crippen LogP contribution in [0.25, 0.3) is 22.2 Å². The molecule has 0 aliphatic heterocycles. The monoisotopic (exact) mass is 313 g/mol. The normalized spacial score (nSPS) is 10.9. The zero-order chi connectivity index (χ0) is 15.7. The highest BCUT2D eigenvalue weighted by Crippen LogP contribution is 2.36. The number of carbonyl (C=O) groups excluding carboxylic acids is 1. The van der Waals surface area contributed by atoms with E-state index < -0.39 is 0 Å². The molecule has 22 heavy (non-hydrogen) atoms. The molecule has 112 valence electrons. The van der Waals surface area contributed by atoms with E-state index in [-0.39, 0.29) is 0 Å². The lowest BCUT2D eigenvalue weighted by molar-refractivity contribution is 0.112. The Bertz CT molecular complexity index is 852. The number of halogens is 1. The Morgan fingerprint density at radius 1 is 1.23 bits per heavy atom. The third-order valence-corrected chi connectivity index (χ3v) is 4.10. The molecule has 0 amide bonds. The van der Waals surface area contributed by atoms with Gasteiger partial charge in [-0.15, -0.1) is 0 Å². The molecule has 3 rings (SSSR count). The van der Waals surface area contributed by atoms with Crippen molar-refractivity contribution >= 4 is 28.8 Å². The molecule has 0 fully saturated rings. The molecule has 0 aliphatic rings. The van der Waals surface area contributed by atoms with Crippen LogP contribution >= 0.6 is 11.6 Å². The summed E-state index contributed by atoms with van der Waals surface area (Å²) in [5.41, 5.74) is 4.27. The Kier molecular flexibility index (Phi) is 3.90. The van der Waals surface area contributed by atoms with Crippen LogP contribution in [0, 0.1) is 0 Å². The number of methoxy groups -OCH3 is 1. The molecule has 0 spiro atoms. The van der Waals surface area contributed by atoms with Crippen molar-refractivity contribution in [2.75, 3.05) is 7.11 Å². The number of benzene rings is 2. The largest absolute Gasteiger partial charge is 0.496 e. The lowest BCUT2D eigenvalue weighted by atomic mass is 10.0. The van der Waals surface area contributed by atoms with Crippen LogP contribution in [-0.2, 0) is 6.42 Å². The molecule has 2 aromatic carbocycles. The van der Waals surface area contributed by atoms with Crippen molar-refractivity contribution in [3.05, 3.63) is 52.5 Å². The number of aromatic amines is 1. The second kappa shape index (κ2) is 5.85. The molecule has 1 aromatic heterocycles. The molecule has 0 bridgehead atoms. The molecule has 0 aliphatic carbocycles. The van der Waals surface area contributed by atoms with Crippen molar-refractivity contribution in [2.24, 2.45) is 0 Å². The van der Waals surface area contributed by atoms with Gasteiger partial charge >= 0.3 is 0 Å². The average Bonchev–Trinajstić information content (AvgIpc) is 2.92. The fraction of sp³-hybridized carbons (Fsp3) is 0.167. The number of carbonyl (C=O) groups is 1. The minimum Gasteiger partial charge on any atom is -0.496 e. The second-order valence-electron chi connectivity index (χ2n) is 5.11. The van der Waals surface area contributed by atoms with E-state index in [1.165, 1.54) is 5.56 Å². The molecule has 0 saturated carbocycles. The zero-order valence-corrected chi connectivity index (χ0v) is 13.2. The van der Waals surface area contributed by atoms with Crippen LogP contribution < -0.4 is 4.74 Å². The highest BCUT2D eigenvalue weighted by Gasteiger charge is 2.16. The summed E-state index contributed by atoms with van der Waals surface area (Å²) >= 11 is 6.11. The van der Waals surface area contributed by atoms with Crippen molar-refractivity contribution in [1.82, 2.24) is 4.98 Å². The van der Waals surface area contributed by atoms with Gasteiger partial charge in [-0.05, 0) is 42.3 Å². The summed E-state index contributed by atoms with van der Waals surface area (Å²) in [6.45, 7) is 2.09. The molecule has 0 unspecified atom stereocenters. The van der Waals surface area contributed by atoms with E-state index in [0.29, 0.717) is 16.3 Å². The number of H-pyrrole nitrogens is 1. The highest BCUT2D eigenvalue weighted by atomic mass is 35.5. The fourth-order valence-electron chi connectivity index (χ4n) is 2.69. The second-order valence-corrected chi connectivity index (χ2v) is 5.55. The molecule has 3 aromatic rings. The van der Waals surface area contributed by atoms with Gasteiger partial charge in [0, 0.05) is 27.1 Å². The summed E-state index contributed by atoms with van der Waals surface area (Å²) in [5.74, 6) is 0.676. The predicted molar refractivity (Wildman–Crippen MR) is 90.1 cm³/mol. The first-order valence-corrected chi connectivity index (χ1v) is 7.49. The van der Waals surface area contributed by atoms with Crippen LogP contribution in [0.2, 0.25) is 5.02 Å². The van der Waals surface area contributed by atoms with Crippen molar-refractivity contribution < 1.29 is 9.53 Å². The Hall–Kier alpha value is -2.26. The minimum atomic E-state index is 0.598. The number of aromatic nitrogens is 1. The van der Waals surface area contributed by atoms with Gasteiger partial charge in [-0.1, -0.05) is 24.6 Å². The van der Waals surface area contributed by atoms with Crippen LogP contribution in [0.5, 0.6) is 5.75 Å². The van der Waals surface area contributed by atoms with Crippen molar-refractivity contribution in [1.29, 1.82) is 0 Å². The molecule has 0 atom stereocenters. The van der Waals surface area contributed by atoms with E-state index in [2.05, 4.69) is 24.0 Å². The molecule has 0 radical (unpaired) electrons. The van der Waals surface area contributed by atoms with Crippen LogP contribution in [0.1, 0.15) is 22.8 Å². The van der Waals surface area contributed by atoms with Gasteiger partial charge in [0.1, 0.15) is 5.75 Å². The first-order valence-electron chi connectivity index (χ1n) is 7.11. The van der Waals surface area contributed by atoms with E-state index in [0.717, 1.165) is 34.9 Å². The molecular weight excluding hydrogens is 298 g/mol. The first kappa shape index (κ1) is 14.7. The van der Waals surface area contributed by atoms with E-state index in [4.69, 9.17) is 16.3 Å². The molecule has 1 N–H and O–H groups in total. The summed E-state index contributed by atoms with van der Waals surface area (Å²) in [4.78, 5) is 15.0. The third-order valence-electron chi connectivity index (χ3n) is 3.86. The maximum atomic E-state index is 11.7. The lowest BCUT2D eigenvalue weighted by Gasteiger charge is -2.08. The maximum absolute atomic E-state index is 11.7. The number of fused-ring (bicyclic) bond motifs is 1. The Balaban J connectivity index is 2.31. The molecule has 4 heteroatoms. The van der Waals surface area contributed by atoms with Crippen molar-refractivity contribution in [3.8, 4) is 17.0 Å². The molecular formula is C18H16ClNO2. The smallest absolute Gasteiger partial charge is 0.152 e. The van der Waals surface area contributed by atoms with Gasteiger partial charge in [0.05, 0.1) is 12.8 Å². The van der Waals surface area contributed by atoms with Gasteiger partial charge in [0.25, 0.3) is 0 Å². The summed E-state index contributed by atoms with van der Waals surface area (Å²) < 4.78 is 5.40. The van der Waals surface area contributed by atoms with E-state index >= 15 is 0 Å². The van der Waals surface area contributed by atoms with E-state index in [9.17, 15) is 4.79 Å². The van der Waals surface area contributed by atoms with Crippen LogP contribution in [0.3, 0.4) is 0 Å². The van der Waals surface area contributed by atoms with Crippen molar-refractivity contribution in [3.63, 3.8) is 0 Å². The van der Waals surface area contributed by atoms with Gasteiger partial charge in [-0.2, -0.15) is 0 Å². The van der Waals surface area contributed by atoms with Gasteiger partial charge < -0.3 is 9.72 Å². The topological polar surface area (TPSA) is 42.1 Å². The predicted octanol–water partition coefficient (Wildman–Crippen LogP) is 4.87. The van der Waals surface area contributed by atoms with E-state index in [1.807, 2.05) is 6.07 Å². The molecule has 3 nitrogen and oxygen atoms in total. The average molecular weight is 314 g/mol. The van der Waals surface area contributed by atoms with Crippen molar-refractivity contribution in [2.45, 2.75) is 13.3 Å². The van der Waals surface area contributed by atoms with Gasteiger partial charge in [-0.3, -0.25) is 4.79 Å². The number of aldehydes is 1. The number of rotatable bonds is 4. The highest BCUT2D eigenvalue weighted by molar-refractivity contribution is 6.31. The standard InChI is InChI=1S/C18H16ClNO2/c1-3-11-4-6-16-13(8-11)15(10-21)18(20-16)14-9-12(19)5-7-17(14)22-2/h4-10,20H,3H2,1-2H3.